The van der Waals surface area contributed by atoms with Gasteiger partial charge >= 0.3 is 12.4 Å². The highest BCUT2D eigenvalue weighted by Gasteiger charge is 2.34. The van der Waals surface area contributed by atoms with Gasteiger partial charge in [0.1, 0.15) is 11.5 Å². The zero-order valence-electron chi connectivity index (χ0n) is 11.1. The zero-order chi connectivity index (χ0) is 17.1. The van der Waals surface area contributed by atoms with Gasteiger partial charge < -0.3 is 0 Å². The van der Waals surface area contributed by atoms with E-state index in [1.165, 1.54) is 6.92 Å². The van der Waals surface area contributed by atoms with Crippen molar-refractivity contribution in [3.63, 3.8) is 0 Å². The van der Waals surface area contributed by atoms with E-state index in [9.17, 15) is 30.6 Å². The van der Waals surface area contributed by atoms with Gasteiger partial charge in [0.15, 0.2) is 0 Å². The molecule has 0 amide bonds. The van der Waals surface area contributed by atoms with Gasteiger partial charge in [-0.1, -0.05) is 18.5 Å². The molecule has 0 aliphatic heterocycles. The Morgan fingerprint density at radius 2 is 1.82 bits per heavy atom. The van der Waals surface area contributed by atoms with Gasteiger partial charge in [0, 0.05) is 0 Å². The summed E-state index contributed by atoms with van der Waals surface area (Å²) in [5, 5.41) is -0.230. The maximum Gasteiger partial charge on any atom is 0.429 e. The van der Waals surface area contributed by atoms with Crippen LogP contribution >= 0.6 is 11.6 Å². The van der Waals surface area contributed by atoms with Crippen LogP contribution in [0.5, 0.6) is 0 Å². The Hall–Kier alpha value is -1.09. The highest BCUT2D eigenvalue weighted by atomic mass is 35.5. The number of rotatable bonds is 4. The van der Waals surface area contributed by atoms with Crippen molar-refractivity contribution in [2.75, 3.05) is 5.75 Å². The molecule has 22 heavy (non-hydrogen) atoms. The van der Waals surface area contributed by atoms with Gasteiger partial charge in [-0.25, -0.2) is 4.99 Å². The number of hydrogen-bond donors (Lipinski definition) is 0. The molecule has 1 aromatic rings. The summed E-state index contributed by atoms with van der Waals surface area (Å²) in [7, 11) is -2.52. The van der Waals surface area contributed by atoms with Crippen molar-refractivity contribution in [2.24, 2.45) is 4.99 Å². The summed E-state index contributed by atoms with van der Waals surface area (Å²) >= 11 is 5.65. The van der Waals surface area contributed by atoms with Crippen LogP contribution in [0.2, 0.25) is 5.02 Å². The molecule has 1 unspecified atom stereocenters. The first kappa shape index (κ1) is 19.0. The molecule has 10 heteroatoms. The summed E-state index contributed by atoms with van der Waals surface area (Å²) in [5.41, 5.74) is -1.36. The summed E-state index contributed by atoms with van der Waals surface area (Å²) < 4.78 is 86.1. The predicted octanol–water partition coefficient (Wildman–Crippen LogP) is 5.05. The van der Waals surface area contributed by atoms with Gasteiger partial charge in [-0.2, -0.15) is 26.3 Å². The smallest absolute Gasteiger partial charge is 0.254 e. The molecular weight excluding hydrogens is 356 g/mol. The maximum atomic E-state index is 12.6. The number of aliphatic imine (C=N–C) groups is 1. The van der Waals surface area contributed by atoms with E-state index in [0.29, 0.717) is 0 Å². The molecule has 0 aliphatic carbocycles. The standard InChI is InChI=1S/C12H10ClF6NOS/c1-2-10(12(17,18)19)20-7-3-4-8(13)9(5-7)22(21)6-11(14,15)16/h3-5H,2,6H2,1H3. The minimum atomic E-state index is -4.69. The molecule has 0 radical (unpaired) electrons. The zero-order valence-corrected chi connectivity index (χ0v) is 12.6. The second-order valence-electron chi connectivity index (χ2n) is 4.13. The Kier molecular flexibility index (Phi) is 6.03. The van der Waals surface area contributed by atoms with E-state index in [0.717, 1.165) is 18.2 Å². The predicted molar refractivity (Wildman–Crippen MR) is 72.2 cm³/mol. The normalized spacial score (nSPS) is 15.0. The van der Waals surface area contributed by atoms with Crippen molar-refractivity contribution >= 4 is 33.8 Å². The van der Waals surface area contributed by atoms with Gasteiger partial charge in [0.05, 0.1) is 26.4 Å². The van der Waals surface area contributed by atoms with E-state index in [-0.39, 0.29) is 10.7 Å². The number of hydrogen-bond acceptors (Lipinski definition) is 2. The molecule has 124 valence electrons. The van der Waals surface area contributed by atoms with Crippen molar-refractivity contribution in [2.45, 2.75) is 30.6 Å². The Bertz CT molecular complexity index is 596. The van der Waals surface area contributed by atoms with Crippen molar-refractivity contribution in [3.05, 3.63) is 23.2 Å². The highest BCUT2D eigenvalue weighted by molar-refractivity contribution is 7.85. The van der Waals surface area contributed by atoms with Crippen LogP contribution in [0.15, 0.2) is 28.1 Å². The molecular formula is C12H10ClF6NOS. The fourth-order valence-corrected chi connectivity index (χ4v) is 2.83. The molecule has 0 saturated carbocycles. The van der Waals surface area contributed by atoms with E-state index < -0.39 is 45.9 Å². The van der Waals surface area contributed by atoms with Crippen LogP contribution in [-0.4, -0.2) is 28.0 Å². The van der Waals surface area contributed by atoms with E-state index in [2.05, 4.69) is 4.99 Å². The van der Waals surface area contributed by atoms with Crippen LogP contribution in [0.3, 0.4) is 0 Å². The molecule has 0 N–H and O–H groups in total. The molecule has 0 bridgehead atoms. The van der Waals surface area contributed by atoms with Crippen molar-refractivity contribution in [1.29, 1.82) is 0 Å². The van der Waals surface area contributed by atoms with Crippen molar-refractivity contribution in [1.82, 2.24) is 0 Å². The first-order valence-electron chi connectivity index (χ1n) is 5.83. The quantitative estimate of drug-likeness (QED) is 0.542. The summed E-state index contributed by atoms with van der Waals surface area (Å²) in [6.45, 7) is 1.24. The fourth-order valence-electron chi connectivity index (χ4n) is 1.46. The summed E-state index contributed by atoms with van der Waals surface area (Å²) in [4.78, 5) is 2.94. The average Bonchev–Trinajstić information content (AvgIpc) is 2.33. The van der Waals surface area contributed by atoms with Gasteiger partial charge in [-0.05, 0) is 24.6 Å². The lowest BCUT2D eigenvalue weighted by molar-refractivity contribution is -0.105. The van der Waals surface area contributed by atoms with Crippen LogP contribution in [0.25, 0.3) is 0 Å². The minimum Gasteiger partial charge on any atom is -0.254 e. The van der Waals surface area contributed by atoms with E-state index in [1.54, 1.807) is 0 Å². The first-order chi connectivity index (χ1) is 9.94. The number of halogens is 7. The third kappa shape index (κ3) is 5.60. The first-order valence-corrected chi connectivity index (χ1v) is 7.53. The number of alkyl halides is 6. The Morgan fingerprint density at radius 1 is 1.23 bits per heavy atom. The Labute approximate surface area is 129 Å². The topological polar surface area (TPSA) is 29.4 Å². The lowest BCUT2D eigenvalue weighted by atomic mass is 10.2. The summed E-state index contributed by atoms with van der Waals surface area (Å²) in [6.07, 6.45) is -9.75. The Morgan fingerprint density at radius 3 is 2.27 bits per heavy atom. The molecule has 1 aromatic carbocycles. The van der Waals surface area contributed by atoms with Crippen LogP contribution < -0.4 is 0 Å². The molecule has 0 spiro atoms. The Balaban J connectivity index is 3.20. The summed E-state index contributed by atoms with van der Waals surface area (Å²) in [6, 6.07) is 3.04. The van der Waals surface area contributed by atoms with Crippen LogP contribution in [-0.2, 0) is 10.8 Å². The van der Waals surface area contributed by atoms with E-state index in [4.69, 9.17) is 11.6 Å². The molecule has 1 rings (SSSR count). The molecule has 1 atom stereocenters. The molecule has 0 aromatic heterocycles. The second-order valence-corrected chi connectivity index (χ2v) is 5.96. The molecule has 0 fully saturated rings. The van der Waals surface area contributed by atoms with E-state index in [1.807, 2.05) is 0 Å². The molecule has 0 aliphatic rings. The van der Waals surface area contributed by atoms with Crippen LogP contribution in [0.4, 0.5) is 32.0 Å². The second kappa shape index (κ2) is 6.99. The van der Waals surface area contributed by atoms with Crippen molar-refractivity contribution in [3.8, 4) is 0 Å². The maximum absolute atomic E-state index is 12.6. The minimum absolute atomic E-state index is 0.230. The largest absolute Gasteiger partial charge is 0.429 e. The third-order valence-electron chi connectivity index (χ3n) is 2.38. The third-order valence-corrected chi connectivity index (χ3v) is 4.24. The molecule has 0 heterocycles. The number of nitrogens with zero attached hydrogens (tertiary/aromatic N) is 1. The average molecular weight is 366 g/mol. The summed E-state index contributed by atoms with van der Waals surface area (Å²) in [5.74, 6) is -1.64. The lowest BCUT2D eigenvalue weighted by Gasteiger charge is -2.10. The molecule has 2 nitrogen and oxygen atoms in total. The monoisotopic (exact) mass is 365 g/mol. The fraction of sp³-hybridized carbons (Fsp3) is 0.417. The van der Waals surface area contributed by atoms with Gasteiger partial charge in [0.2, 0.25) is 0 Å². The SMILES string of the molecule is CCC(=Nc1ccc(Cl)c(S(=O)CC(F)(F)F)c1)C(F)(F)F. The molecule has 0 saturated heterocycles. The van der Waals surface area contributed by atoms with Gasteiger partial charge in [-0.3, -0.25) is 4.21 Å². The van der Waals surface area contributed by atoms with E-state index >= 15 is 0 Å². The van der Waals surface area contributed by atoms with Crippen LogP contribution in [0, 0.1) is 0 Å². The van der Waals surface area contributed by atoms with Crippen molar-refractivity contribution < 1.29 is 30.6 Å². The van der Waals surface area contributed by atoms with Crippen LogP contribution in [0.1, 0.15) is 13.3 Å². The highest BCUT2D eigenvalue weighted by Crippen LogP contribution is 2.30. The van der Waals surface area contributed by atoms with Gasteiger partial charge in [0.25, 0.3) is 0 Å². The number of benzene rings is 1. The lowest BCUT2D eigenvalue weighted by Crippen LogP contribution is -2.21. The van der Waals surface area contributed by atoms with Gasteiger partial charge in [-0.15, -0.1) is 0 Å².